The van der Waals surface area contributed by atoms with E-state index in [9.17, 15) is 14.4 Å². The molecule has 6 nitrogen and oxygen atoms in total. The number of esters is 3. The Hall–Kier alpha value is -2.11. The molecule has 0 aliphatic carbocycles. The fourth-order valence-corrected chi connectivity index (χ4v) is 6.82. The second-order valence-electron chi connectivity index (χ2n) is 16.0. The number of carbonyl (C=O) groups excluding carboxylic acids is 3. The molecule has 0 heterocycles. The van der Waals surface area contributed by atoms with Crippen LogP contribution in [0, 0.1) is 0 Å². The maximum atomic E-state index is 12.7. The average Bonchev–Trinajstić information content (AvgIpc) is 3.18. The molecule has 0 N–H and O–H groups in total. The zero-order valence-electron chi connectivity index (χ0n) is 36.7. The van der Waals surface area contributed by atoms with Crippen molar-refractivity contribution in [2.45, 2.75) is 258 Å². The topological polar surface area (TPSA) is 78.9 Å². The maximum Gasteiger partial charge on any atom is 0.306 e. The van der Waals surface area contributed by atoms with E-state index in [-0.39, 0.29) is 31.1 Å². The van der Waals surface area contributed by atoms with E-state index in [0.29, 0.717) is 19.3 Å². The Bertz CT molecular complexity index is 896. The van der Waals surface area contributed by atoms with Gasteiger partial charge in [0.15, 0.2) is 6.10 Å². The molecule has 0 aromatic carbocycles. The lowest BCUT2D eigenvalue weighted by molar-refractivity contribution is -0.167. The van der Waals surface area contributed by atoms with E-state index in [2.05, 4.69) is 45.1 Å². The van der Waals surface area contributed by atoms with Crippen LogP contribution in [0.3, 0.4) is 0 Å². The highest BCUT2D eigenvalue weighted by atomic mass is 16.6. The van der Waals surface area contributed by atoms with E-state index in [1.165, 1.54) is 135 Å². The highest BCUT2D eigenvalue weighted by Crippen LogP contribution is 2.15. The first-order chi connectivity index (χ1) is 27.0. The first-order valence-corrected chi connectivity index (χ1v) is 23.8. The van der Waals surface area contributed by atoms with Gasteiger partial charge in [-0.1, -0.05) is 206 Å². The van der Waals surface area contributed by atoms with Crippen molar-refractivity contribution in [3.63, 3.8) is 0 Å². The minimum Gasteiger partial charge on any atom is -0.462 e. The zero-order chi connectivity index (χ0) is 40.1. The van der Waals surface area contributed by atoms with Crippen LogP contribution in [0.1, 0.15) is 252 Å². The van der Waals surface area contributed by atoms with Gasteiger partial charge in [-0.25, -0.2) is 0 Å². The predicted octanol–water partition coefficient (Wildman–Crippen LogP) is 15.2. The van der Waals surface area contributed by atoms with Crippen molar-refractivity contribution >= 4 is 17.9 Å². The van der Waals surface area contributed by atoms with Gasteiger partial charge in [0.1, 0.15) is 13.2 Å². The largest absolute Gasteiger partial charge is 0.462 e. The normalized spacial score (nSPS) is 12.1. The van der Waals surface area contributed by atoms with Crippen molar-refractivity contribution < 1.29 is 28.6 Å². The molecule has 55 heavy (non-hydrogen) atoms. The molecule has 0 aromatic rings. The number of carbonyl (C=O) groups is 3. The molecule has 1 unspecified atom stereocenters. The SMILES string of the molecule is CCCCCC/C=C\C/C=C\CCCCCCCCCC(=O)OCC(COC(=O)CCCCCCC)OC(=O)CCCCCCCCCCCCCCCC. The van der Waals surface area contributed by atoms with E-state index in [4.69, 9.17) is 14.2 Å². The molecule has 0 fully saturated rings. The van der Waals surface area contributed by atoms with Gasteiger partial charge < -0.3 is 14.2 Å². The summed E-state index contributed by atoms with van der Waals surface area (Å²) in [5, 5.41) is 0. The molecule has 0 radical (unpaired) electrons. The lowest BCUT2D eigenvalue weighted by Gasteiger charge is -2.18. The summed E-state index contributed by atoms with van der Waals surface area (Å²) in [7, 11) is 0. The Morgan fingerprint density at radius 3 is 1.02 bits per heavy atom. The van der Waals surface area contributed by atoms with Crippen LogP contribution in [0.2, 0.25) is 0 Å². The molecule has 0 aliphatic rings. The van der Waals surface area contributed by atoms with Gasteiger partial charge in [-0.3, -0.25) is 14.4 Å². The second-order valence-corrected chi connectivity index (χ2v) is 16.0. The minimum absolute atomic E-state index is 0.0718. The van der Waals surface area contributed by atoms with Gasteiger partial charge in [0, 0.05) is 19.3 Å². The summed E-state index contributed by atoms with van der Waals surface area (Å²) in [6, 6.07) is 0. The fourth-order valence-electron chi connectivity index (χ4n) is 6.82. The molecule has 0 spiro atoms. The Morgan fingerprint density at radius 2 is 0.655 bits per heavy atom. The third kappa shape index (κ3) is 42.9. The molecular weight excluding hydrogens is 685 g/mol. The highest BCUT2D eigenvalue weighted by Gasteiger charge is 2.19. The van der Waals surface area contributed by atoms with E-state index in [1.54, 1.807) is 0 Å². The fraction of sp³-hybridized carbons (Fsp3) is 0.857. The van der Waals surface area contributed by atoms with Crippen molar-refractivity contribution in [1.29, 1.82) is 0 Å². The molecule has 0 aliphatic heterocycles. The first kappa shape index (κ1) is 52.9. The van der Waals surface area contributed by atoms with Crippen molar-refractivity contribution in [3.8, 4) is 0 Å². The Balaban J connectivity index is 4.18. The van der Waals surface area contributed by atoms with Crippen LogP contribution in [0.25, 0.3) is 0 Å². The predicted molar refractivity (Wildman–Crippen MR) is 233 cm³/mol. The third-order valence-electron chi connectivity index (χ3n) is 10.5. The molecule has 0 aromatic heterocycles. The van der Waals surface area contributed by atoms with Gasteiger partial charge in [-0.05, 0) is 51.4 Å². The van der Waals surface area contributed by atoms with Gasteiger partial charge in [0.25, 0.3) is 0 Å². The van der Waals surface area contributed by atoms with Crippen LogP contribution in [-0.2, 0) is 28.6 Å². The molecule has 322 valence electrons. The molecule has 0 saturated heterocycles. The monoisotopic (exact) mass is 775 g/mol. The summed E-state index contributed by atoms with van der Waals surface area (Å²) in [6.07, 6.45) is 49.0. The molecule has 0 amide bonds. The van der Waals surface area contributed by atoms with Crippen molar-refractivity contribution in [2.75, 3.05) is 13.2 Å². The van der Waals surface area contributed by atoms with Crippen LogP contribution in [0.15, 0.2) is 24.3 Å². The van der Waals surface area contributed by atoms with Crippen LogP contribution in [0.5, 0.6) is 0 Å². The van der Waals surface area contributed by atoms with Crippen LogP contribution >= 0.6 is 0 Å². The summed E-state index contributed by atoms with van der Waals surface area (Å²) < 4.78 is 16.6. The Morgan fingerprint density at radius 1 is 0.364 bits per heavy atom. The summed E-state index contributed by atoms with van der Waals surface area (Å²) in [4.78, 5) is 37.5. The van der Waals surface area contributed by atoms with Gasteiger partial charge in [0.05, 0.1) is 0 Å². The number of rotatable bonds is 43. The maximum absolute atomic E-state index is 12.7. The van der Waals surface area contributed by atoms with Gasteiger partial charge in [-0.15, -0.1) is 0 Å². The van der Waals surface area contributed by atoms with Crippen molar-refractivity contribution in [1.82, 2.24) is 0 Å². The first-order valence-electron chi connectivity index (χ1n) is 23.8. The average molecular weight is 775 g/mol. The lowest BCUT2D eigenvalue weighted by Crippen LogP contribution is -2.30. The van der Waals surface area contributed by atoms with Gasteiger partial charge in [-0.2, -0.15) is 0 Å². The molecule has 6 heteroatoms. The number of hydrogen-bond acceptors (Lipinski definition) is 6. The summed E-state index contributed by atoms with van der Waals surface area (Å²) in [5.74, 6) is -0.885. The lowest BCUT2D eigenvalue weighted by atomic mass is 10.0. The van der Waals surface area contributed by atoms with Crippen LogP contribution < -0.4 is 0 Å². The Labute approximate surface area is 341 Å². The highest BCUT2D eigenvalue weighted by molar-refractivity contribution is 5.71. The Kier molecular flexibility index (Phi) is 42.9. The van der Waals surface area contributed by atoms with Gasteiger partial charge in [0.2, 0.25) is 0 Å². The van der Waals surface area contributed by atoms with Crippen LogP contribution in [-0.4, -0.2) is 37.2 Å². The number of unbranched alkanes of at least 4 members (excludes halogenated alkanes) is 28. The van der Waals surface area contributed by atoms with E-state index >= 15 is 0 Å². The standard InChI is InChI=1S/C49H90O6/c1-4-7-10-13-15-17-19-21-23-24-25-26-28-29-31-33-36-39-42-48(51)54-45-46(44-53-47(50)41-38-35-12-9-6-3)55-49(52)43-40-37-34-32-30-27-22-20-18-16-14-11-8-5-2/h17,19,23-24,46H,4-16,18,20-22,25-45H2,1-3H3/b19-17-,24-23-. The molecular formula is C49H90O6. The van der Waals surface area contributed by atoms with E-state index in [1.807, 2.05) is 0 Å². The zero-order valence-corrected chi connectivity index (χ0v) is 36.7. The molecule has 1 atom stereocenters. The third-order valence-corrected chi connectivity index (χ3v) is 10.5. The summed E-state index contributed by atoms with van der Waals surface area (Å²) in [5.41, 5.74) is 0. The van der Waals surface area contributed by atoms with Gasteiger partial charge >= 0.3 is 17.9 Å². The van der Waals surface area contributed by atoms with E-state index < -0.39 is 6.10 Å². The summed E-state index contributed by atoms with van der Waals surface area (Å²) >= 11 is 0. The number of allylic oxidation sites excluding steroid dienone is 4. The van der Waals surface area contributed by atoms with Crippen molar-refractivity contribution in [2.24, 2.45) is 0 Å². The smallest absolute Gasteiger partial charge is 0.306 e. The molecule has 0 rings (SSSR count). The summed E-state index contributed by atoms with van der Waals surface area (Å²) in [6.45, 7) is 6.54. The number of ether oxygens (including phenoxy) is 3. The molecule has 0 bridgehead atoms. The quantitative estimate of drug-likeness (QED) is 0.0266. The van der Waals surface area contributed by atoms with E-state index in [0.717, 1.165) is 77.0 Å². The molecule has 0 saturated carbocycles. The second kappa shape index (κ2) is 44.6. The van der Waals surface area contributed by atoms with Crippen molar-refractivity contribution in [3.05, 3.63) is 24.3 Å². The minimum atomic E-state index is -0.765. The van der Waals surface area contributed by atoms with Crippen LogP contribution in [0.4, 0.5) is 0 Å². The number of hydrogen-bond donors (Lipinski definition) is 0.